The third kappa shape index (κ3) is 2.68. The van der Waals surface area contributed by atoms with Gasteiger partial charge in [-0.05, 0) is 23.6 Å². The largest absolute Gasteiger partial charge is 0.296 e. The van der Waals surface area contributed by atoms with Gasteiger partial charge in [0, 0.05) is 6.42 Å². The van der Waals surface area contributed by atoms with Gasteiger partial charge in [-0.2, -0.15) is 0 Å². The lowest BCUT2D eigenvalue weighted by molar-refractivity contribution is 0.111. The van der Waals surface area contributed by atoms with E-state index in [1.807, 2.05) is 48.5 Å². The van der Waals surface area contributed by atoms with Crippen LogP contribution in [0.3, 0.4) is 0 Å². The molecule has 0 aliphatic carbocycles. The van der Waals surface area contributed by atoms with Crippen molar-refractivity contribution in [2.75, 3.05) is 0 Å². The molecule has 0 bridgehead atoms. The average Bonchev–Trinajstić information content (AvgIpc) is 2.98. The fourth-order valence-corrected chi connectivity index (χ4v) is 2.57. The van der Waals surface area contributed by atoms with Crippen LogP contribution in [0, 0.1) is 0 Å². The molecule has 4 nitrogen and oxygen atoms in total. The van der Waals surface area contributed by atoms with Crippen molar-refractivity contribution in [3.63, 3.8) is 0 Å². The number of hydrogen-bond acceptors (Lipinski definition) is 3. The van der Waals surface area contributed by atoms with Crippen molar-refractivity contribution in [2.45, 2.75) is 19.8 Å². The van der Waals surface area contributed by atoms with Gasteiger partial charge in [0.1, 0.15) is 5.69 Å². The van der Waals surface area contributed by atoms with Crippen molar-refractivity contribution in [1.29, 1.82) is 0 Å². The smallest absolute Gasteiger partial charge is 0.172 e. The number of nitrogens with zero attached hydrogens (tertiary/aromatic N) is 3. The van der Waals surface area contributed by atoms with E-state index in [9.17, 15) is 4.79 Å². The molecule has 0 saturated heterocycles. The number of benzene rings is 2. The standard InChI is InChI=1S/C18H17N3O/c1-2-15-10-6-7-11-17(15)21-18(16(13-22)19-20-21)12-14-8-4-3-5-9-14/h3-11,13H,2,12H2,1H3. The highest BCUT2D eigenvalue weighted by atomic mass is 16.1. The molecule has 22 heavy (non-hydrogen) atoms. The molecule has 3 rings (SSSR count). The molecule has 0 aliphatic heterocycles. The summed E-state index contributed by atoms with van der Waals surface area (Å²) in [6.45, 7) is 2.10. The molecule has 2 aromatic carbocycles. The molecular weight excluding hydrogens is 274 g/mol. The number of aryl methyl sites for hydroxylation is 1. The summed E-state index contributed by atoms with van der Waals surface area (Å²) in [6, 6.07) is 18.1. The molecule has 0 atom stereocenters. The Balaban J connectivity index is 2.09. The van der Waals surface area contributed by atoms with Crippen LogP contribution < -0.4 is 0 Å². The van der Waals surface area contributed by atoms with Gasteiger partial charge in [-0.25, -0.2) is 4.68 Å². The van der Waals surface area contributed by atoms with Gasteiger partial charge in [0.2, 0.25) is 0 Å². The predicted molar refractivity (Wildman–Crippen MR) is 85.4 cm³/mol. The Kier molecular flexibility index (Phi) is 4.10. The zero-order valence-electron chi connectivity index (χ0n) is 12.4. The summed E-state index contributed by atoms with van der Waals surface area (Å²) in [5.41, 5.74) is 4.51. The van der Waals surface area contributed by atoms with E-state index in [0.29, 0.717) is 12.1 Å². The fraction of sp³-hybridized carbons (Fsp3) is 0.167. The molecule has 0 saturated carbocycles. The summed E-state index contributed by atoms with van der Waals surface area (Å²) in [6.07, 6.45) is 2.30. The second kappa shape index (κ2) is 6.35. The number of hydrogen-bond donors (Lipinski definition) is 0. The summed E-state index contributed by atoms with van der Waals surface area (Å²) >= 11 is 0. The number of para-hydroxylation sites is 1. The molecule has 4 heteroatoms. The number of carbonyl (C=O) groups is 1. The molecule has 110 valence electrons. The van der Waals surface area contributed by atoms with E-state index in [4.69, 9.17) is 0 Å². The summed E-state index contributed by atoms with van der Waals surface area (Å²) in [5.74, 6) is 0. The van der Waals surface area contributed by atoms with E-state index in [2.05, 4.69) is 23.3 Å². The van der Waals surface area contributed by atoms with Crippen molar-refractivity contribution in [3.05, 3.63) is 77.1 Å². The first-order chi connectivity index (χ1) is 10.8. The highest BCUT2D eigenvalue weighted by molar-refractivity contribution is 5.74. The lowest BCUT2D eigenvalue weighted by Crippen LogP contribution is -2.07. The zero-order chi connectivity index (χ0) is 15.4. The number of aromatic nitrogens is 3. The fourth-order valence-electron chi connectivity index (χ4n) is 2.57. The molecule has 0 unspecified atom stereocenters. The van der Waals surface area contributed by atoms with Crippen LogP contribution in [0.2, 0.25) is 0 Å². The average molecular weight is 291 g/mol. The molecule has 0 fully saturated rings. The van der Waals surface area contributed by atoms with Crippen LogP contribution in [-0.2, 0) is 12.8 Å². The molecular formula is C18H17N3O. The van der Waals surface area contributed by atoms with Gasteiger partial charge in [-0.3, -0.25) is 4.79 Å². The summed E-state index contributed by atoms with van der Waals surface area (Å²) in [7, 11) is 0. The summed E-state index contributed by atoms with van der Waals surface area (Å²) in [4.78, 5) is 11.3. The van der Waals surface area contributed by atoms with Crippen molar-refractivity contribution in [2.24, 2.45) is 0 Å². The van der Waals surface area contributed by atoms with Crippen molar-refractivity contribution in [1.82, 2.24) is 15.0 Å². The lowest BCUT2D eigenvalue weighted by atomic mass is 10.1. The van der Waals surface area contributed by atoms with Gasteiger partial charge in [-0.15, -0.1) is 5.10 Å². The summed E-state index contributed by atoms with van der Waals surface area (Å²) in [5, 5.41) is 8.22. The molecule has 1 heterocycles. The Morgan fingerprint density at radius 3 is 2.50 bits per heavy atom. The van der Waals surface area contributed by atoms with Crippen LogP contribution in [0.4, 0.5) is 0 Å². The molecule has 3 aromatic rings. The SMILES string of the molecule is CCc1ccccc1-n1nnc(C=O)c1Cc1ccccc1. The van der Waals surface area contributed by atoms with Crippen molar-refractivity contribution < 1.29 is 4.79 Å². The maximum absolute atomic E-state index is 11.3. The van der Waals surface area contributed by atoms with Gasteiger partial charge in [0.05, 0.1) is 11.4 Å². The minimum Gasteiger partial charge on any atom is -0.296 e. The highest BCUT2D eigenvalue weighted by Crippen LogP contribution is 2.19. The van der Waals surface area contributed by atoms with E-state index in [0.717, 1.165) is 29.7 Å². The lowest BCUT2D eigenvalue weighted by Gasteiger charge is -2.11. The first-order valence-electron chi connectivity index (χ1n) is 7.35. The predicted octanol–water partition coefficient (Wildman–Crippen LogP) is 3.23. The second-order valence-corrected chi connectivity index (χ2v) is 5.10. The first-order valence-corrected chi connectivity index (χ1v) is 7.35. The van der Waals surface area contributed by atoms with Gasteiger partial charge in [0.15, 0.2) is 6.29 Å². The van der Waals surface area contributed by atoms with Gasteiger partial charge in [0.25, 0.3) is 0 Å². The Morgan fingerprint density at radius 2 is 1.77 bits per heavy atom. The third-order valence-corrected chi connectivity index (χ3v) is 3.72. The maximum Gasteiger partial charge on any atom is 0.172 e. The minimum atomic E-state index is 0.398. The van der Waals surface area contributed by atoms with Crippen LogP contribution >= 0.6 is 0 Å². The van der Waals surface area contributed by atoms with Crippen LogP contribution in [0.15, 0.2) is 54.6 Å². The van der Waals surface area contributed by atoms with Crippen LogP contribution in [0.5, 0.6) is 0 Å². The Morgan fingerprint density at radius 1 is 1.05 bits per heavy atom. The molecule has 0 N–H and O–H groups in total. The van der Waals surface area contributed by atoms with E-state index in [1.165, 1.54) is 5.56 Å². The van der Waals surface area contributed by atoms with E-state index in [-0.39, 0.29) is 0 Å². The number of carbonyl (C=O) groups excluding carboxylic acids is 1. The van der Waals surface area contributed by atoms with Gasteiger partial charge < -0.3 is 0 Å². The second-order valence-electron chi connectivity index (χ2n) is 5.10. The van der Waals surface area contributed by atoms with Crippen LogP contribution in [-0.4, -0.2) is 21.3 Å². The van der Waals surface area contributed by atoms with E-state index in [1.54, 1.807) is 4.68 Å². The first kappa shape index (κ1) is 14.2. The number of aldehydes is 1. The highest BCUT2D eigenvalue weighted by Gasteiger charge is 2.15. The van der Waals surface area contributed by atoms with E-state index < -0.39 is 0 Å². The third-order valence-electron chi connectivity index (χ3n) is 3.72. The molecule has 0 amide bonds. The molecule has 1 aromatic heterocycles. The topological polar surface area (TPSA) is 47.8 Å². The van der Waals surface area contributed by atoms with Crippen LogP contribution in [0.25, 0.3) is 5.69 Å². The molecule has 0 aliphatic rings. The Hall–Kier alpha value is -2.75. The van der Waals surface area contributed by atoms with Crippen molar-refractivity contribution in [3.8, 4) is 5.69 Å². The van der Waals surface area contributed by atoms with E-state index >= 15 is 0 Å². The molecule has 0 spiro atoms. The molecule has 0 radical (unpaired) electrons. The van der Waals surface area contributed by atoms with Gasteiger partial charge >= 0.3 is 0 Å². The monoisotopic (exact) mass is 291 g/mol. The van der Waals surface area contributed by atoms with Crippen molar-refractivity contribution >= 4 is 6.29 Å². The normalized spacial score (nSPS) is 10.6. The zero-order valence-corrected chi connectivity index (χ0v) is 12.4. The van der Waals surface area contributed by atoms with Gasteiger partial charge in [-0.1, -0.05) is 60.7 Å². The van der Waals surface area contributed by atoms with Crippen LogP contribution in [0.1, 0.15) is 34.2 Å². The maximum atomic E-state index is 11.3. The quantitative estimate of drug-likeness (QED) is 0.678. The Labute approximate surface area is 129 Å². The minimum absolute atomic E-state index is 0.398. The Bertz CT molecular complexity index is 778. The summed E-state index contributed by atoms with van der Waals surface area (Å²) < 4.78 is 1.79. The number of rotatable bonds is 5.